The van der Waals surface area contributed by atoms with Crippen LogP contribution in [0.3, 0.4) is 0 Å². The quantitative estimate of drug-likeness (QED) is 0.243. The zero-order valence-corrected chi connectivity index (χ0v) is 22.2. The maximum absolute atomic E-state index is 13.8. The SMILES string of the molecule is CC(C)CNC(=O)[C@@H](Cc1ccccc1)N(Cc1c(Cl)cccc1Cl)C(=O)Cc1ccccc1[N+](=O)[O-]. The summed E-state index contributed by atoms with van der Waals surface area (Å²) in [5, 5.41) is 15.2. The molecule has 0 heterocycles. The van der Waals surface area contributed by atoms with Crippen molar-refractivity contribution in [3.63, 3.8) is 0 Å². The number of benzene rings is 3. The molecule has 0 aromatic heterocycles. The van der Waals surface area contributed by atoms with Crippen LogP contribution < -0.4 is 5.32 Å². The smallest absolute Gasteiger partial charge is 0.273 e. The minimum Gasteiger partial charge on any atom is -0.354 e. The molecule has 0 aliphatic rings. The third-order valence-corrected chi connectivity index (χ3v) is 6.58. The highest BCUT2D eigenvalue weighted by atomic mass is 35.5. The number of para-hydroxylation sites is 1. The molecule has 3 rings (SSSR count). The molecule has 2 amide bonds. The van der Waals surface area contributed by atoms with Crippen LogP contribution in [-0.4, -0.2) is 34.2 Å². The number of amides is 2. The van der Waals surface area contributed by atoms with E-state index in [1.165, 1.54) is 11.0 Å². The van der Waals surface area contributed by atoms with Crippen LogP contribution in [0, 0.1) is 16.0 Å². The first-order chi connectivity index (χ1) is 17.7. The fourth-order valence-electron chi connectivity index (χ4n) is 3.93. The first-order valence-electron chi connectivity index (χ1n) is 11.9. The van der Waals surface area contributed by atoms with Crippen LogP contribution in [0.2, 0.25) is 10.0 Å². The highest BCUT2D eigenvalue weighted by Gasteiger charge is 2.32. The number of hydrogen-bond donors (Lipinski definition) is 1. The molecule has 1 atom stereocenters. The highest BCUT2D eigenvalue weighted by molar-refractivity contribution is 6.36. The fourth-order valence-corrected chi connectivity index (χ4v) is 4.45. The molecule has 0 saturated carbocycles. The number of halogens is 2. The number of carbonyl (C=O) groups excluding carboxylic acids is 2. The zero-order chi connectivity index (χ0) is 26.9. The van der Waals surface area contributed by atoms with E-state index in [4.69, 9.17) is 23.2 Å². The Bertz CT molecular complexity index is 1230. The van der Waals surface area contributed by atoms with E-state index in [0.29, 0.717) is 22.2 Å². The summed E-state index contributed by atoms with van der Waals surface area (Å²) in [6.45, 7) is 4.36. The van der Waals surface area contributed by atoms with E-state index in [0.717, 1.165) is 5.56 Å². The van der Waals surface area contributed by atoms with Crippen LogP contribution in [-0.2, 0) is 29.0 Å². The minimum absolute atomic E-state index is 0.0371. The summed E-state index contributed by atoms with van der Waals surface area (Å²) in [6, 6.07) is 19.6. The van der Waals surface area contributed by atoms with Crippen molar-refractivity contribution in [1.29, 1.82) is 0 Å². The van der Waals surface area contributed by atoms with Gasteiger partial charge in [-0.3, -0.25) is 19.7 Å². The van der Waals surface area contributed by atoms with E-state index in [2.05, 4.69) is 5.32 Å². The molecule has 0 unspecified atom stereocenters. The van der Waals surface area contributed by atoms with Gasteiger partial charge in [0, 0.05) is 46.7 Å². The van der Waals surface area contributed by atoms with Gasteiger partial charge in [-0.25, -0.2) is 0 Å². The molecule has 0 radical (unpaired) electrons. The third kappa shape index (κ3) is 7.78. The van der Waals surface area contributed by atoms with Gasteiger partial charge in [0.05, 0.1) is 11.3 Å². The molecule has 37 heavy (non-hydrogen) atoms. The molecule has 9 heteroatoms. The standard InChI is InChI=1S/C28H29Cl2N3O4/c1-19(2)17-31-28(35)26(15-20-9-4-3-5-10-20)32(18-22-23(29)12-8-13-24(22)30)27(34)16-21-11-6-7-14-25(21)33(36)37/h3-14,19,26H,15-18H2,1-2H3,(H,31,35)/t26-/m1/s1. The van der Waals surface area contributed by atoms with Crippen molar-refractivity contribution in [1.82, 2.24) is 10.2 Å². The number of nitro groups is 1. The summed E-state index contributed by atoms with van der Waals surface area (Å²) in [7, 11) is 0. The van der Waals surface area contributed by atoms with Crippen LogP contribution in [0.4, 0.5) is 5.69 Å². The van der Waals surface area contributed by atoms with Gasteiger partial charge in [0.1, 0.15) is 6.04 Å². The number of rotatable bonds is 11. The van der Waals surface area contributed by atoms with Crippen LogP contribution in [0.1, 0.15) is 30.5 Å². The van der Waals surface area contributed by atoms with Crippen molar-refractivity contribution in [2.75, 3.05) is 6.54 Å². The number of carbonyl (C=O) groups is 2. The largest absolute Gasteiger partial charge is 0.354 e. The number of nitro benzene ring substituents is 1. The molecular weight excluding hydrogens is 513 g/mol. The van der Waals surface area contributed by atoms with Gasteiger partial charge in [0.25, 0.3) is 5.69 Å². The lowest BCUT2D eigenvalue weighted by molar-refractivity contribution is -0.385. The summed E-state index contributed by atoms with van der Waals surface area (Å²) in [6.07, 6.45) is -0.0164. The molecule has 0 aliphatic heterocycles. The lowest BCUT2D eigenvalue weighted by atomic mass is 10.0. The Hall–Kier alpha value is -3.42. The van der Waals surface area contributed by atoms with E-state index in [-0.39, 0.29) is 42.5 Å². The number of nitrogens with zero attached hydrogens (tertiary/aromatic N) is 2. The Morgan fingerprint density at radius 2 is 1.57 bits per heavy atom. The molecule has 0 aliphatic carbocycles. The summed E-state index contributed by atoms with van der Waals surface area (Å²) < 4.78 is 0. The molecule has 0 fully saturated rings. The summed E-state index contributed by atoms with van der Waals surface area (Å²) in [4.78, 5) is 39.8. The first kappa shape index (κ1) is 28.2. The van der Waals surface area contributed by atoms with Gasteiger partial charge in [-0.2, -0.15) is 0 Å². The Morgan fingerprint density at radius 3 is 2.19 bits per heavy atom. The van der Waals surface area contributed by atoms with Gasteiger partial charge < -0.3 is 10.2 Å². The second-order valence-corrected chi connectivity index (χ2v) is 9.94. The fraction of sp³-hybridized carbons (Fsp3) is 0.286. The lowest BCUT2D eigenvalue weighted by Crippen LogP contribution is -2.51. The normalized spacial score (nSPS) is 11.7. The molecule has 3 aromatic carbocycles. The Balaban J connectivity index is 2.05. The van der Waals surface area contributed by atoms with Gasteiger partial charge in [-0.15, -0.1) is 0 Å². The Labute approximate surface area is 226 Å². The minimum atomic E-state index is -0.899. The van der Waals surface area contributed by atoms with Crippen molar-refractivity contribution < 1.29 is 14.5 Å². The molecule has 7 nitrogen and oxygen atoms in total. The highest BCUT2D eigenvalue weighted by Crippen LogP contribution is 2.28. The number of nitrogens with one attached hydrogen (secondary N) is 1. The number of hydrogen-bond acceptors (Lipinski definition) is 4. The molecule has 194 valence electrons. The topological polar surface area (TPSA) is 92.6 Å². The van der Waals surface area contributed by atoms with Gasteiger partial charge in [0.2, 0.25) is 11.8 Å². The molecular formula is C28H29Cl2N3O4. The molecule has 1 N–H and O–H groups in total. The van der Waals surface area contributed by atoms with Gasteiger partial charge >= 0.3 is 0 Å². The van der Waals surface area contributed by atoms with E-state index < -0.39 is 16.9 Å². The third-order valence-electron chi connectivity index (χ3n) is 5.88. The van der Waals surface area contributed by atoms with E-state index in [1.54, 1.807) is 36.4 Å². The monoisotopic (exact) mass is 541 g/mol. The van der Waals surface area contributed by atoms with Crippen molar-refractivity contribution in [2.24, 2.45) is 5.92 Å². The predicted molar refractivity (Wildman–Crippen MR) is 146 cm³/mol. The molecule has 0 bridgehead atoms. The molecule has 0 spiro atoms. The average molecular weight is 542 g/mol. The predicted octanol–water partition coefficient (Wildman–Crippen LogP) is 5.86. The van der Waals surface area contributed by atoms with Crippen LogP contribution in [0.15, 0.2) is 72.8 Å². The molecule has 0 saturated heterocycles. The van der Waals surface area contributed by atoms with Gasteiger partial charge in [0.15, 0.2) is 0 Å². The maximum atomic E-state index is 13.8. The first-order valence-corrected chi connectivity index (χ1v) is 12.7. The summed E-state index contributed by atoms with van der Waals surface area (Å²) in [5.41, 5.74) is 1.46. The average Bonchev–Trinajstić information content (AvgIpc) is 2.87. The van der Waals surface area contributed by atoms with Gasteiger partial charge in [-0.1, -0.05) is 91.6 Å². The Morgan fingerprint density at radius 1 is 0.946 bits per heavy atom. The Kier molecular flexibility index (Phi) is 10.1. The van der Waals surface area contributed by atoms with Crippen LogP contribution in [0.25, 0.3) is 0 Å². The summed E-state index contributed by atoms with van der Waals surface area (Å²) >= 11 is 12.9. The zero-order valence-electron chi connectivity index (χ0n) is 20.7. The van der Waals surface area contributed by atoms with Crippen molar-refractivity contribution in [2.45, 2.75) is 39.3 Å². The van der Waals surface area contributed by atoms with Crippen molar-refractivity contribution in [3.8, 4) is 0 Å². The molecule has 3 aromatic rings. The van der Waals surface area contributed by atoms with Gasteiger partial charge in [-0.05, 0) is 23.6 Å². The second-order valence-electron chi connectivity index (χ2n) is 9.13. The van der Waals surface area contributed by atoms with Crippen LogP contribution >= 0.6 is 23.2 Å². The van der Waals surface area contributed by atoms with Crippen molar-refractivity contribution in [3.05, 3.63) is 110 Å². The van der Waals surface area contributed by atoms with Crippen molar-refractivity contribution >= 4 is 40.7 Å². The van der Waals surface area contributed by atoms with E-state index >= 15 is 0 Å². The second kappa shape index (κ2) is 13.2. The van der Waals surface area contributed by atoms with Crippen LogP contribution in [0.5, 0.6) is 0 Å². The van der Waals surface area contributed by atoms with E-state index in [9.17, 15) is 19.7 Å². The van der Waals surface area contributed by atoms with E-state index in [1.807, 2.05) is 44.2 Å². The maximum Gasteiger partial charge on any atom is 0.273 e. The summed E-state index contributed by atoms with van der Waals surface area (Å²) in [5.74, 6) is -0.571. The lowest BCUT2D eigenvalue weighted by Gasteiger charge is -2.32.